The van der Waals surface area contributed by atoms with E-state index >= 15 is 0 Å². The highest BCUT2D eigenvalue weighted by Crippen LogP contribution is 2.31. The van der Waals surface area contributed by atoms with Crippen LogP contribution >= 0.6 is 0 Å². The molecule has 1 amide bonds. The van der Waals surface area contributed by atoms with Gasteiger partial charge in [0.2, 0.25) is 0 Å². The van der Waals surface area contributed by atoms with Crippen molar-refractivity contribution in [3.63, 3.8) is 0 Å². The number of benzene rings is 1. The topological polar surface area (TPSA) is 65.1 Å². The minimum atomic E-state index is 0.120. The molecular weight excluding hydrogens is 386 g/mol. The van der Waals surface area contributed by atoms with Crippen LogP contribution in [0, 0.1) is 0 Å². The highest BCUT2D eigenvalue weighted by molar-refractivity contribution is 5.99. The minimum Gasteiger partial charge on any atom is -0.355 e. The maximum Gasteiger partial charge on any atom is 0.257 e. The number of piperidine rings is 2. The van der Waals surface area contributed by atoms with E-state index in [-0.39, 0.29) is 5.91 Å². The third kappa shape index (κ3) is 4.20. The average Bonchev–Trinajstić information content (AvgIpc) is 3.35. The number of hydrogen-bond acceptors (Lipinski definition) is 4. The molecule has 0 aliphatic carbocycles. The Morgan fingerprint density at radius 2 is 1.77 bits per heavy atom. The zero-order chi connectivity index (χ0) is 21.0. The Labute approximate surface area is 183 Å². The number of likely N-dealkylation sites (tertiary alicyclic amines) is 1. The number of nitrogens with zero attached hydrogens (tertiary/aromatic N) is 4. The Morgan fingerprint density at radius 3 is 2.61 bits per heavy atom. The van der Waals surface area contributed by atoms with Gasteiger partial charge in [0.1, 0.15) is 11.6 Å². The first kappa shape index (κ1) is 19.8. The molecule has 2 saturated heterocycles. The van der Waals surface area contributed by atoms with E-state index in [1.54, 1.807) is 6.20 Å². The fraction of sp³-hybridized carbons (Fsp3) is 0.400. The molecule has 2 aliphatic rings. The number of rotatable bonds is 4. The molecule has 0 bridgehead atoms. The predicted octanol–water partition coefficient (Wildman–Crippen LogP) is 4.48. The van der Waals surface area contributed by atoms with E-state index in [1.807, 2.05) is 41.4 Å². The van der Waals surface area contributed by atoms with Crippen LogP contribution in [0.1, 0.15) is 54.2 Å². The van der Waals surface area contributed by atoms with E-state index in [0.29, 0.717) is 5.92 Å². The second-order valence-corrected chi connectivity index (χ2v) is 8.56. The van der Waals surface area contributed by atoms with Gasteiger partial charge in [0.05, 0.1) is 17.5 Å². The molecule has 31 heavy (non-hydrogen) atoms. The third-order valence-electron chi connectivity index (χ3n) is 6.45. The molecule has 2 aliphatic heterocycles. The van der Waals surface area contributed by atoms with Gasteiger partial charge in [0.25, 0.3) is 5.91 Å². The molecular formula is C25H29N5O. The Bertz CT molecular complexity index is 1030. The van der Waals surface area contributed by atoms with Gasteiger partial charge in [-0.1, -0.05) is 30.3 Å². The summed E-state index contributed by atoms with van der Waals surface area (Å²) in [5.41, 5.74) is 2.93. The average molecular weight is 416 g/mol. The van der Waals surface area contributed by atoms with Crippen LogP contribution in [-0.2, 0) is 0 Å². The third-order valence-corrected chi connectivity index (χ3v) is 6.45. The zero-order valence-corrected chi connectivity index (χ0v) is 17.8. The number of imidazole rings is 1. The van der Waals surface area contributed by atoms with E-state index < -0.39 is 0 Å². The Hall–Kier alpha value is -3.15. The molecule has 5 rings (SSSR count). The van der Waals surface area contributed by atoms with E-state index in [4.69, 9.17) is 4.98 Å². The summed E-state index contributed by atoms with van der Waals surface area (Å²) in [6.07, 6.45) is 9.26. The van der Waals surface area contributed by atoms with Crippen LogP contribution in [0.3, 0.4) is 0 Å². The molecule has 6 nitrogen and oxygen atoms in total. The molecule has 0 saturated carbocycles. The number of carbonyl (C=O) groups excluding carboxylic acids is 1. The summed E-state index contributed by atoms with van der Waals surface area (Å²) in [7, 11) is 0. The van der Waals surface area contributed by atoms with Crippen LogP contribution in [0.15, 0.2) is 54.9 Å². The smallest absolute Gasteiger partial charge is 0.257 e. The fourth-order valence-electron chi connectivity index (χ4n) is 4.78. The zero-order valence-electron chi connectivity index (χ0n) is 17.8. The fourth-order valence-corrected chi connectivity index (χ4v) is 4.78. The number of anilines is 1. The first-order chi connectivity index (χ1) is 15.3. The Kier molecular flexibility index (Phi) is 5.69. The van der Waals surface area contributed by atoms with Crippen LogP contribution in [0.4, 0.5) is 5.82 Å². The number of nitrogens with one attached hydrogen (secondary N) is 1. The van der Waals surface area contributed by atoms with Crippen molar-refractivity contribution in [3.8, 4) is 11.3 Å². The van der Waals surface area contributed by atoms with Gasteiger partial charge in [-0.2, -0.15) is 0 Å². The second-order valence-electron chi connectivity index (χ2n) is 8.56. The van der Waals surface area contributed by atoms with Crippen molar-refractivity contribution in [2.75, 3.05) is 31.1 Å². The highest BCUT2D eigenvalue weighted by atomic mass is 16.2. The lowest BCUT2D eigenvalue weighted by atomic mass is 9.97. The van der Waals surface area contributed by atoms with Gasteiger partial charge in [-0.3, -0.25) is 4.79 Å². The number of hydrogen-bond donors (Lipinski definition) is 1. The van der Waals surface area contributed by atoms with Crippen molar-refractivity contribution in [3.05, 3.63) is 66.2 Å². The number of pyridine rings is 1. The summed E-state index contributed by atoms with van der Waals surface area (Å²) in [6.45, 7) is 3.44. The quantitative estimate of drug-likeness (QED) is 0.682. The molecule has 1 unspecified atom stereocenters. The van der Waals surface area contributed by atoms with Crippen LogP contribution in [0.2, 0.25) is 0 Å². The number of aromatic amines is 1. The molecule has 3 aromatic rings. The van der Waals surface area contributed by atoms with Crippen molar-refractivity contribution in [1.82, 2.24) is 19.9 Å². The summed E-state index contributed by atoms with van der Waals surface area (Å²) in [5, 5.41) is 0. The largest absolute Gasteiger partial charge is 0.355 e. The number of H-pyrrole nitrogens is 1. The van der Waals surface area contributed by atoms with Gasteiger partial charge in [0.15, 0.2) is 0 Å². The first-order valence-electron chi connectivity index (χ1n) is 11.4. The first-order valence-corrected chi connectivity index (χ1v) is 11.4. The predicted molar refractivity (Wildman–Crippen MR) is 122 cm³/mol. The van der Waals surface area contributed by atoms with Gasteiger partial charge in [-0.25, -0.2) is 9.97 Å². The van der Waals surface area contributed by atoms with E-state index in [2.05, 4.69) is 27.0 Å². The van der Waals surface area contributed by atoms with Crippen LogP contribution in [0.5, 0.6) is 0 Å². The van der Waals surface area contributed by atoms with Gasteiger partial charge in [0, 0.05) is 38.3 Å². The maximum atomic E-state index is 13.2. The van der Waals surface area contributed by atoms with Gasteiger partial charge >= 0.3 is 0 Å². The van der Waals surface area contributed by atoms with E-state index in [9.17, 15) is 4.79 Å². The minimum absolute atomic E-state index is 0.120. The van der Waals surface area contributed by atoms with Gasteiger partial charge < -0.3 is 14.8 Å². The van der Waals surface area contributed by atoms with Crippen molar-refractivity contribution in [2.24, 2.45) is 0 Å². The summed E-state index contributed by atoms with van der Waals surface area (Å²) >= 11 is 0. The normalized spacial score (nSPS) is 19.4. The molecule has 2 fully saturated rings. The second kappa shape index (κ2) is 8.92. The van der Waals surface area contributed by atoms with E-state index in [1.165, 1.54) is 6.42 Å². The van der Waals surface area contributed by atoms with Crippen LogP contribution in [-0.4, -0.2) is 51.9 Å². The van der Waals surface area contributed by atoms with Crippen molar-refractivity contribution >= 4 is 11.7 Å². The van der Waals surface area contributed by atoms with Crippen LogP contribution in [0.25, 0.3) is 11.3 Å². The van der Waals surface area contributed by atoms with Crippen LogP contribution < -0.4 is 4.90 Å². The molecule has 1 atom stereocenters. The molecule has 160 valence electrons. The standard InChI is InChI=1S/C25H29N5O/c31-25(29-14-5-2-6-15-29)21-12-7-13-26-24(21)30-16-8-11-20(18-30)23-27-17-22(28-23)19-9-3-1-4-10-19/h1,3-4,7,9-10,12-13,17,20H,2,5-6,8,11,14-16,18H2,(H,27,28). The van der Waals surface area contributed by atoms with Crippen molar-refractivity contribution < 1.29 is 4.79 Å². The monoisotopic (exact) mass is 415 g/mol. The number of carbonyl (C=O) groups is 1. The van der Waals surface area contributed by atoms with Gasteiger partial charge in [-0.15, -0.1) is 0 Å². The Balaban J connectivity index is 1.35. The molecule has 6 heteroatoms. The lowest BCUT2D eigenvalue weighted by Gasteiger charge is -2.34. The lowest BCUT2D eigenvalue weighted by Crippen LogP contribution is -2.39. The maximum absolute atomic E-state index is 13.2. The van der Waals surface area contributed by atoms with Crippen molar-refractivity contribution in [1.29, 1.82) is 0 Å². The summed E-state index contributed by atoms with van der Waals surface area (Å²) < 4.78 is 0. The molecule has 1 N–H and O–H groups in total. The number of aromatic nitrogens is 3. The molecule has 4 heterocycles. The highest BCUT2D eigenvalue weighted by Gasteiger charge is 2.29. The molecule has 2 aromatic heterocycles. The number of amides is 1. The lowest BCUT2D eigenvalue weighted by molar-refractivity contribution is 0.0724. The summed E-state index contributed by atoms with van der Waals surface area (Å²) in [4.78, 5) is 30.4. The summed E-state index contributed by atoms with van der Waals surface area (Å²) in [5.74, 6) is 2.25. The molecule has 1 aromatic carbocycles. The van der Waals surface area contributed by atoms with Crippen molar-refractivity contribution in [2.45, 2.75) is 38.0 Å². The Morgan fingerprint density at radius 1 is 0.935 bits per heavy atom. The molecule has 0 radical (unpaired) electrons. The van der Waals surface area contributed by atoms with E-state index in [0.717, 1.165) is 80.3 Å². The summed E-state index contributed by atoms with van der Waals surface area (Å²) in [6, 6.07) is 14.1. The van der Waals surface area contributed by atoms with Gasteiger partial charge in [-0.05, 0) is 49.8 Å². The SMILES string of the molecule is O=C(c1cccnc1N1CCCC(c2ncc(-c3ccccc3)[nH]2)C1)N1CCCCC1. The molecule has 0 spiro atoms.